The van der Waals surface area contributed by atoms with Gasteiger partial charge >= 0.3 is 0 Å². The molecule has 2 heterocycles. The molecule has 1 amide bonds. The van der Waals surface area contributed by atoms with Crippen molar-refractivity contribution in [2.24, 2.45) is 5.92 Å². The van der Waals surface area contributed by atoms with E-state index in [9.17, 15) is 13.2 Å². The quantitative estimate of drug-likeness (QED) is 0.891. The van der Waals surface area contributed by atoms with Gasteiger partial charge in [0.25, 0.3) is 5.91 Å². The number of para-hydroxylation sites is 1. The minimum absolute atomic E-state index is 0.00759. The zero-order chi connectivity index (χ0) is 17.2. The fraction of sp³-hybridized carbons (Fsp3) is 0.412. The number of nitrogens with one attached hydrogen (secondary N) is 1. The molecule has 24 heavy (non-hydrogen) atoms. The van der Waals surface area contributed by atoms with Crippen LogP contribution in [0.2, 0.25) is 0 Å². The van der Waals surface area contributed by atoms with Gasteiger partial charge < -0.3 is 5.32 Å². The highest BCUT2D eigenvalue weighted by Gasteiger charge is 2.28. The third-order valence-corrected chi connectivity index (χ3v) is 6.16. The third kappa shape index (κ3) is 3.51. The second-order valence-corrected chi connectivity index (χ2v) is 8.31. The van der Waals surface area contributed by atoms with Crippen LogP contribution >= 0.6 is 0 Å². The number of hydrogen-bond acceptors (Lipinski definition) is 4. The molecule has 1 aliphatic heterocycles. The van der Waals surface area contributed by atoms with Gasteiger partial charge in [0.2, 0.25) is 0 Å². The Bertz CT molecular complexity index is 828. The number of rotatable bonds is 5. The highest BCUT2D eigenvalue weighted by molar-refractivity contribution is 7.91. The van der Waals surface area contributed by atoms with E-state index in [4.69, 9.17) is 0 Å². The van der Waals surface area contributed by atoms with Crippen molar-refractivity contribution < 1.29 is 13.2 Å². The monoisotopic (exact) mass is 347 g/mol. The molecule has 0 unspecified atom stereocenters. The molecule has 7 heteroatoms. The molecule has 1 fully saturated rings. The van der Waals surface area contributed by atoms with E-state index in [1.165, 1.54) is 0 Å². The van der Waals surface area contributed by atoms with Gasteiger partial charge in [-0.3, -0.25) is 4.79 Å². The molecule has 0 bridgehead atoms. The van der Waals surface area contributed by atoms with Crippen molar-refractivity contribution in [1.29, 1.82) is 0 Å². The van der Waals surface area contributed by atoms with E-state index in [1.54, 1.807) is 10.9 Å². The average molecular weight is 347 g/mol. The van der Waals surface area contributed by atoms with E-state index in [0.717, 1.165) is 11.4 Å². The summed E-state index contributed by atoms with van der Waals surface area (Å²) >= 11 is 0. The molecule has 1 aliphatic rings. The van der Waals surface area contributed by atoms with Crippen LogP contribution in [0.5, 0.6) is 0 Å². The molecule has 3 rings (SSSR count). The summed E-state index contributed by atoms with van der Waals surface area (Å²) in [6.45, 7) is 2.37. The van der Waals surface area contributed by atoms with E-state index in [2.05, 4.69) is 10.4 Å². The molecule has 2 aromatic rings. The smallest absolute Gasteiger partial charge is 0.254 e. The van der Waals surface area contributed by atoms with Crippen molar-refractivity contribution in [1.82, 2.24) is 15.1 Å². The lowest BCUT2D eigenvalue weighted by molar-refractivity contribution is 0.0947. The number of aromatic nitrogens is 2. The summed E-state index contributed by atoms with van der Waals surface area (Å²) in [5.74, 6) is 0.197. The van der Waals surface area contributed by atoms with E-state index in [-0.39, 0.29) is 23.3 Å². The molecule has 1 N–H and O–H groups in total. The first-order valence-corrected chi connectivity index (χ1v) is 9.93. The maximum Gasteiger partial charge on any atom is 0.254 e. The highest BCUT2D eigenvalue weighted by atomic mass is 32.2. The molecular formula is C17H21N3O3S. The first-order valence-electron chi connectivity index (χ1n) is 8.11. The number of carbonyl (C=O) groups is 1. The van der Waals surface area contributed by atoms with Crippen molar-refractivity contribution in [2.45, 2.75) is 19.8 Å². The number of amides is 1. The zero-order valence-corrected chi connectivity index (χ0v) is 14.4. The molecule has 0 saturated carbocycles. The summed E-state index contributed by atoms with van der Waals surface area (Å²) in [5, 5.41) is 7.20. The van der Waals surface area contributed by atoms with Crippen LogP contribution in [0.25, 0.3) is 5.69 Å². The molecule has 1 atom stereocenters. The van der Waals surface area contributed by atoms with Gasteiger partial charge in [0, 0.05) is 6.54 Å². The lowest BCUT2D eigenvalue weighted by atomic mass is 10.1. The maximum atomic E-state index is 12.5. The highest BCUT2D eigenvalue weighted by Crippen LogP contribution is 2.19. The summed E-state index contributed by atoms with van der Waals surface area (Å²) in [6.07, 6.45) is 2.87. The average Bonchev–Trinajstić information content (AvgIpc) is 3.16. The first kappa shape index (κ1) is 16.7. The molecule has 128 valence electrons. The molecule has 1 saturated heterocycles. The summed E-state index contributed by atoms with van der Waals surface area (Å²) in [7, 11) is -2.92. The molecular weight excluding hydrogens is 326 g/mol. The largest absolute Gasteiger partial charge is 0.352 e. The van der Waals surface area contributed by atoms with Gasteiger partial charge in [0.05, 0.1) is 34.6 Å². The third-order valence-electron chi connectivity index (χ3n) is 4.33. The van der Waals surface area contributed by atoms with Crippen LogP contribution in [-0.2, 0) is 16.3 Å². The van der Waals surface area contributed by atoms with Crippen LogP contribution in [0, 0.1) is 5.92 Å². The normalized spacial score (nSPS) is 19.3. The van der Waals surface area contributed by atoms with Gasteiger partial charge in [-0.05, 0) is 30.9 Å². The van der Waals surface area contributed by atoms with Crippen LogP contribution in [0.4, 0.5) is 0 Å². The van der Waals surface area contributed by atoms with Crippen molar-refractivity contribution in [3.63, 3.8) is 0 Å². The standard InChI is InChI=1S/C17H21N3O3S/c1-2-16-15(11-19-20(16)14-6-4-3-5-7-14)17(21)18-10-13-8-9-24(22,23)12-13/h3-7,11,13H,2,8-10,12H2,1H3,(H,18,21)/t13-/m1/s1. The van der Waals surface area contributed by atoms with Crippen LogP contribution in [0.1, 0.15) is 29.4 Å². The van der Waals surface area contributed by atoms with Crippen molar-refractivity contribution >= 4 is 15.7 Å². The predicted octanol–water partition coefficient (Wildman–Crippen LogP) is 1.60. The molecule has 0 spiro atoms. The Morgan fingerprint density at radius 2 is 2.08 bits per heavy atom. The van der Waals surface area contributed by atoms with E-state index in [1.807, 2.05) is 37.3 Å². The van der Waals surface area contributed by atoms with Crippen LogP contribution in [0.15, 0.2) is 36.5 Å². The summed E-state index contributed by atoms with van der Waals surface area (Å²) in [5.41, 5.74) is 2.30. The van der Waals surface area contributed by atoms with Crippen molar-refractivity contribution in [3.05, 3.63) is 47.8 Å². The van der Waals surface area contributed by atoms with Crippen molar-refractivity contribution in [3.8, 4) is 5.69 Å². The van der Waals surface area contributed by atoms with Gasteiger partial charge in [-0.1, -0.05) is 25.1 Å². The Labute approximate surface area is 141 Å². The first-order chi connectivity index (χ1) is 11.5. The minimum atomic E-state index is -2.92. The summed E-state index contributed by atoms with van der Waals surface area (Å²) in [4.78, 5) is 12.5. The summed E-state index contributed by atoms with van der Waals surface area (Å²) < 4.78 is 24.8. The molecule has 1 aromatic carbocycles. The molecule has 6 nitrogen and oxygen atoms in total. The maximum absolute atomic E-state index is 12.5. The lowest BCUT2D eigenvalue weighted by Crippen LogP contribution is -2.30. The number of benzene rings is 1. The Hall–Kier alpha value is -2.15. The second-order valence-electron chi connectivity index (χ2n) is 6.08. The topological polar surface area (TPSA) is 81.1 Å². The SMILES string of the molecule is CCc1c(C(=O)NC[C@H]2CCS(=O)(=O)C2)cnn1-c1ccccc1. The molecule has 0 aliphatic carbocycles. The number of hydrogen-bond donors (Lipinski definition) is 1. The van der Waals surface area contributed by atoms with Crippen LogP contribution in [0.3, 0.4) is 0 Å². The lowest BCUT2D eigenvalue weighted by Gasteiger charge is -2.11. The zero-order valence-electron chi connectivity index (χ0n) is 13.6. The molecule has 1 aromatic heterocycles. The van der Waals surface area contributed by atoms with Gasteiger partial charge in [-0.25, -0.2) is 13.1 Å². The van der Waals surface area contributed by atoms with Crippen molar-refractivity contribution in [2.75, 3.05) is 18.1 Å². The fourth-order valence-electron chi connectivity index (χ4n) is 3.06. The van der Waals surface area contributed by atoms with Crippen LogP contribution < -0.4 is 5.32 Å². The number of carbonyl (C=O) groups excluding carboxylic acids is 1. The Kier molecular flexibility index (Phi) is 4.71. The van der Waals surface area contributed by atoms with E-state index < -0.39 is 9.84 Å². The Balaban J connectivity index is 1.73. The van der Waals surface area contributed by atoms with E-state index in [0.29, 0.717) is 24.9 Å². The number of sulfone groups is 1. The number of nitrogens with zero attached hydrogens (tertiary/aromatic N) is 2. The second kappa shape index (κ2) is 6.76. The predicted molar refractivity (Wildman–Crippen MR) is 92.0 cm³/mol. The van der Waals surface area contributed by atoms with Gasteiger partial charge in [0.15, 0.2) is 9.84 Å². The van der Waals surface area contributed by atoms with Gasteiger partial charge in [-0.2, -0.15) is 5.10 Å². The van der Waals surface area contributed by atoms with Crippen LogP contribution in [-0.4, -0.2) is 42.2 Å². The summed E-state index contributed by atoms with van der Waals surface area (Å²) in [6, 6.07) is 9.67. The van der Waals surface area contributed by atoms with Gasteiger partial charge in [0.1, 0.15) is 0 Å². The Morgan fingerprint density at radius 1 is 1.33 bits per heavy atom. The minimum Gasteiger partial charge on any atom is -0.352 e. The van der Waals surface area contributed by atoms with Gasteiger partial charge in [-0.15, -0.1) is 0 Å². The van der Waals surface area contributed by atoms with E-state index >= 15 is 0 Å². The molecule has 0 radical (unpaired) electrons. The fourth-order valence-corrected chi connectivity index (χ4v) is 4.92. The Morgan fingerprint density at radius 3 is 2.71 bits per heavy atom.